The maximum Gasteiger partial charge on any atom is 0.338 e. The lowest BCUT2D eigenvalue weighted by Crippen LogP contribution is -2.39. The topological polar surface area (TPSA) is 146 Å². The first-order valence-electron chi connectivity index (χ1n) is 12.1. The maximum absolute atomic E-state index is 13.8. The summed E-state index contributed by atoms with van der Waals surface area (Å²) in [5, 5.41) is 20.5. The standard InChI is InChI=1S/C27H23BrN4O7S/c1-4-37-18-8-6-17(7-9-18)23-22(26(34)38-5-2)15(3)30-27-31(23)25(33)21(40-27)14-16-12-19(28)24(39-11-10-29)20(13-16)32(35)36/h6-9,12-14,23H,4-5,11H2,1-3H3/b21-14-/t23-/m1/s1. The number of fused-ring (bicyclic) bond motifs is 1. The summed E-state index contributed by atoms with van der Waals surface area (Å²) in [6.07, 6.45) is 1.51. The second kappa shape index (κ2) is 12.3. The largest absolute Gasteiger partial charge is 0.494 e. The van der Waals surface area contributed by atoms with Crippen molar-refractivity contribution in [3.8, 4) is 17.6 Å². The number of benzene rings is 2. The van der Waals surface area contributed by atoms with Crippen LogP contribution in [0.25, 0.3) is 6.08 Å². The fourth-order valence-corrected chi connectivity index (χ4v) is 5.87. The number of nitro groups is 1. The van der Waals surface area contributed by atoms with Crippen molar-refractivity contribution in [2.24, 2.45) is 4.99 Å². The number of esters is 1. The molecule has 2 aromatic carbocycles. The summed E-state index contributed by atoms with van der Waals surface area (Å²) in [5.74, 6) is -0.0220. The molecule has 11 nitrogen and oxygen atoms in total. The van der Waals surface area contributed by atoms with E-state index in [0.717, 1.165) is 11.3 Å². The number of carbonyl (C=O) groups excluding carboxylic acids is 1. The van der Waals surface area contributed by atoms with Gasteiger partial charge in [-0.25, -0.2) is 9.79 Å². The Labute approximate surface area is 240 Å². The zero-order valence-corrected chi connectivity index (χ0v) is 24.1. The second-order valence-electron chi connectivity index (χ2n) is 8.36. The Hall–Kier alpha value is -4.28. The van der Waals surface area contributed by atoms with Crippen LogP contribution in [0.5, 0.6) is 11.5 Å². The number of halogens is 1. The Morgan fingerprint density at radius 3 is 2.60 bits per heavy atom. The number of allylic oxidation sites excluding steroid dienone is 1. The molecule has 1 aromatic heterocycles. The number of nitriles is 1. The van der Waals surface area contributed by atoms with E-state index in [0.29, 0.717) is 34.0 Å². The van der Waals surface area contributed by atoms with Crippen LogP contribution >= 0.6 is 27.3 Å². The summed E-state index contributed by atoms with van der Waals surface area (Å²) in [6.45, 7) is 5.52. The van der Waals surface area contributed by atoms with Gasteiger partial charge in [-0.15, -0.1) is 0 Å². The van der Waals surface area contributed by atoms with Gasteiger partial charge < -0.3 is 14.2 Å². The van der Waals surface area contributed by atoms with Crippen molar-refractivity contribution in [3.63, 3.8) is 0 Å². The highest BCUT2D eigenvalue weighted by molar-refractivity contribution is 9.10. The molecule has 0 N–H and O–H groups in total. The monoisotopic (exact) mass is 626 g/mol. The van der Waals surface area contributed by atoms with Crippen molar-refractivity contribution < 1.29 is 23.9 Å². The number of carbonyl (C=O) groups is 1. The van der Waals surface area contributed by atoms with E-state index in [4.69, 9.17) is 19.5 Å². The van der Waals surface area contributed by atoms with Crippen molar-refractivity contribution in [3.05, 3.63) is 93.1 Å². The highest BCUT2D eigenvalue weighted by Gasteiger charge is 2.33. The fourth-order valence-electron chi connectivity index (χ4n) is 4.24. The van der Waals surface area contributed by atoms with Gasteiger partial charge in [-0.1, -0.05) is 23.5 Å². The second-order valence-corrected chi connectivity index (χ2v) is 10.2. The van der Waals surface area contributed by atoms with Crippen LogP contribution in [-0.2, 0) is 9.53 Å². The minimum absolute atomic E-state index is 0.0876. The highest BCUT2D eigenvalue weighted by Crippen LogP contribution is 2.37. The van der Waals surface area contributed by atoms with Gasteiger partial charge in [0.25, 0.3) is 5.56 Å². The van der Waals surface area contributed by atoms with E-state index in [-0.39, 0.29) is 39.2 Å². The number of ether oxygens (including phenoxy) is 3. The SMILES string of the molecule is CCOC(=O)C1=C(C)N=c2s/c(=C\c3cc(Br)c(OCC#N)c([N+](=O)[O-])c3)c(=O)n2[C@@H]1c1ccc(OCC)cc1. The van der Waals surface area contributed by atoms with Gasteiger partial charge >= 0.3 is 11.7 Å². The van der Waals surface area contributed by atoms with Crippen LogP contribution < -0.4 is 24.4 Å². The summed E-state index contributed by atoms with van der Waals surface area (Å²) in [5.41, 5.74) is 0.875. The molecule has 0 unspecified atom stereocenters. The zero-order valence-electron chi connectivity index (χ0n) is 21.7. The van der Waals surface area contributed by atoms with Gasteiger partial charge in [-0.05, 0) is 72.1 Å². The molecule has 0 spiro atoms. The van der Waals surface area contributed by atoms with Gasteiger partial charge in [0.1, 0.15) is 11.8 Å². The van der Waals surface area contributed by atoms with E-state index >= 15 is 0 Å². The number of rotatable bonds is 9. The smallest absolute Gasteiger partial charge is 0.338 e. The first-order valence-corrected chi connectivity index (χ1v) is 13.7. The molecule has 206 valence electrons. The van der Waals surface area contributed by atoms with Crippen molar-refractivity contribution in [2.75, 3.05) is 19.8 Å². The Morgan fingerprint density at radius 1 is 1.25 bits per heavy atom. The minimum Gasteiger partial charge on any atom is -0.494 e. The van der Waals surface area contributed by atoms with Gasteiger partial charge in [0, 0.05) is 6.07 Å². The lowest BCUT2D eigenvalue weighted by Gasteiger charge is -2.24. The van der Waals surface area contributed by atoms with Crippen LogP contribution in [0.1, 0.15) is 37.9 Å². The lowest BCUT2D eigenvalue weighted by atomic mass is 9.96. The molecule has 0 saturated carbocycles. The molecule has 0 aliphatic carbocycles. The third kappa shape index (κ3) is 5.68. The van der Waals surface area contributed by atoms with Gasteiger partial charge in [0.2, 0.25) is 5.75 Å². The van der Waals surface area contributed by atoms with E-state index in [1.807, 2.05) is 6.92 Å². The van der Waals surface area contributed by atoms with Crippen molar-refractivity contribution >= 4 is 45.0 Å². The Morgan fingerprint density at radius 2 is 1.98 bits per heavy atom. The normalized spacial score (nSPS) is 14.7. The number of nitrogens with zero attached hydrogens (tertiary/aromatic N) is 4. The Kier molecular flexibility index (Phi) is 8.81. The molecule has 3 aromatic rings. The predicted molar refractivity (Wildman–Crippen MR) is 150 cm³/mol. The third-order valence-electron chi connectivity index (χ3n) is 5.85. The predicted octanol–water partition coefficient (Wildman–Crippen LogP) is 3.77. The van der Waals surface area contributed by atoms with Crippen LogP contribution in [0.3, 0.4) is 0 Å². The minimum atomic E-state index is -0.809. The van der Waals surface area contributed by atoms with Gasteiger partial charge in [-0.3, -0.25) is 19.5 Å². The molecule has 0 radical (unpaired) electrons. The van der Waals surface area contributed by atoms with Crippen molar-refractivity contribution in [2.45, 2.75) is 26.8 Å². The average Bonchev–Trinajstić information content (AvgIpc) is 3.21. The molecule has 4 rings (SSSR count). The number of hydrogen-bond acceptors (Lipinski definition) is 10. The Balaban J connectivity index is 1.90. The van der Waals surface area contributed by atoms with Crippen molar-refractivity contribution in [1.82, 2.24) is 4.57 Å². The summed E-state index contributed by atoms with van der Waals surface area (Å²) < 4.78 is 18.0. The van der Waals surface area contributed by atoms with Crippen LogP contribution in [0.4, 0.5) is 5.69 Å². The summed E-state index contributed by atoms with van der Waals surface area (Å²) in [7, 11) is 0. The molecule has 1 aliphatic heterocycles. The molecule has 0 fully saturated rings. The first kappa shape index (κ1) is 28.7. The number of hydrogen-bond donors (Lipinski definition) is 0. The van der Waals surface area contributed by atoms with Crippen LogP contribution in [0.2, 0.25) is 0 Å². The molecular weight excluding hydrogens is 604 g/mol. The van der Waals surface area contributed by atoms with Gasteiger partial charge in [0.05, 0.1) is 44.5 Å². The molecule has 13 heteroatoms. The quantitative estimate of drug-likeness (QED) is 0.198. The molecule has 0 bridgehead atoms. The van der Waals surface area contributed by atoms with E-state index in [1.165, 1.54) is 16.7 Å². The number of aromatic nitrogens is 1. The van der Waals surface area contributed by atoms with Crippen LogP contribution in [0.15, 0.2) is 61.9 Å². The zero-order chi connectivity index (χ0) is 29.0. The summed E-state index contributed by atoms with van der Waals surface area (Å²) in [4.78, 5) is 42.8. The lowest BCUT2D eigenvalue weighted by molar-refractivity contribution is -0.385. The molecule has 0 amide bonds. The molecule has 1 aliphatic rings. The number of nitro benzene ring substituents is 1. The maximum atomic E-state index is 13.8. The van der Waals surface area contributed by atoms with Crippen molar-refractivity contribution in [1.29, 1.82) is 5.26 Å². The van der Waals surface area contributed by atoms with E-state index in [1.54, 1.807) is 50.2 Å². The summed E-state index contributed by atoms with van der Waals surface area (Å²) in [6, 6.07) is 10.9. The summed E-state index contributed by atoms with van der Waals surface area (Å²) >= 11 is 4.36. The van der Waals surface area contributed by atoms with Gasteiger partial charge in [-0.2, -0.15) is 5.26 Å². The molecule has 0 saturated heterocycles. The van der Waals surface area contributed by atoms with Crippen LogP contribution in [-0.4, -0.2) is 35.3 Å². The average molecular weight is 627 g/mol. The van der Waals surface area contributed by atoms with E-state index in [9.17, 15) is 19.7 Å². The highest BCUT2D eigenvalue weighted by atomic mass is 79.9. The fraction of sp³-hybridized carbons (Fsp3) is 0.259. The molecule has 40 heavy (non-hydrogen) atoms. The molecular formula is C27H23BrN4O7S. The third-order valence-corrected chi connectivity index (χ3v) is 7.42. The van der Waals surface area contributed by atoms with Gasteiger partial charge in [0.15, 0.2) is 11.4 Å². The molecule has 1 atom stereocenters. The van der Waals surface area contributed by atoms with E-state index in [2.05, 4.69) is 20.9 Å². The molecule has 2 heterocycles. The van der Waals surface area contributed by atoms with Crippen LogP contribution in [0, 0.1) is 21.4 Å². The Bertz CT molecular complexity index is 1740. The van der Waals surface area contributed by atoms with E-state index < -0.39 is 22.5 Å². The first-order chi connectivity index (χ1) is 19.2. The number of thiazole rings is 1.